The number of benzene rings is 1. The van der Waals surface area contributed by atoms with Crippen molar-refractivity contribution in [3.63, 3.8) is 0 Å². The first-order valence-corrected chi connectivity index (χ1v) is 5.63. The van der Waals surface area contributed by atoms with Crippen LogP contribution in [0.3, 0.4) is 0 Å². The van der Waals surface area contributed by atoms with Gasteiger partial charge in [-0.25, -0.2) is 0 Å². The lowest BCUT2D eigenvalue weighted by molar-refractivity contribution is -0.116. The van der Waals surface area contributed by atoms with E-state index < -0.39 is 0 Å². The van der Waals surface area contributed by atoms with Crippen molar-refractivity contribution in [1.82, 2.24) is 4.90 Å². The number of amides is 2. The van der Waals surface area contributed by atoms with Crippen molar-refractivity contribution in [1.29, 1.82) is 0 Å². The number of unbranched alkanes of at least 4 members (excludes halogenated alkanes) is 1. The van der Waals surface area contributed by atoms with Crippen molar-refractivity contribution in [2.45, 2.75) is 19.8 Å². The highest BCUT2D eigenvalue weighted by Gasteiger charge is 2.15. The summed E-state index contributed by atoms with van der Waals surface area (Å²) in [5, 5.41) is 0. The maximum absolute atomic E-state index is 12.1. The summed E-state index contributed by atoms with van der Waals surface area (Å²) in [6.45, 7) is 5.90. The van der Waals surface area contributed by atoms with Crippen molar-refractivity contribution in [2.75, 3.05) is 6.54 Å². The highest BCUT2D eigenvalue weighted by Crippen LogP contribution is 2.10. The lowest BCUT2D eigenvalue weighted by Gasteiger charge is -2.16. The van der Waals surface area contributed by atoms with Gasteiger partial charge in [0.25, 0.3) is 5.91 Å². The molecule has 0 unspecified atom stereocenters. The predicted molar refractivity (Wildman–Crippen MR) is 67.7 cm³/mol. The van der Waals surface area contributed by atoms with E-state index in [1.54, 1.807) is 18.2 Å². The standard InChI is InChI=1S/C14H17NO2/c1-3-4-7-10-15(11-16)14(17)13-9-6-5-8-12(13)2/h3,5-6,8-9,11H,1,4,7,10H2,2H3. The normalized spacial score (nSPS) is 9.71. The van der Waals surface area contributed by atoms with Crippen LogP contribution in [0.25, 0.3) is 0 Å². The summed E-state index contributed by atoms with van der Waals surface area (Å²) in [7, 11) is 0. The highest BCUT2D eigenvalue weighted by molar-refractivity contribution is 6.00. The van der Waals surface area contributed by atoms with E-state index in [0.29, 0.717) is 18.5 Å². The molecule has 0 fully saturated rings. The molecule has 2 amide bonds. The van der Waals surface area contributed by atoms with Gasteiger partial charge in [-0.05, 0) is 31.4 Å². The van der Waals surface area contributed by atoms with E-state index in [4.69, 9.17) is 0 Å². The number of aryl methyl sites for hydroxylation is 1. The molecule has 3 heteroatoms. The molecule has 0 radical (unpaired) electrons. The molecular formula is C14H17NO2. The smallest absolute Gasteiger partial charge is 0.260 e. The van der Waals surface area contributed by atoms with Gasteiger partial charge in [-0.15, -0.1) is 6.58 Å². The molecule has 0 aliphatic heterocycles. The van der Waals surface area contributed by atoms with E-state index in [-0.39, 0.29) is 5.91 Å². The summed E-state index contributed by atoms with van der Waals surface area (Å²) in [6, 6.07) is 7.27. The number of imide groups is 1. The predicted octanol–water partition coefficient (Wildman–Crippen LogP) is 2.56. The molecule has 1 aromatic carbocycles. The fourth-order valence-electron chi connectivity index (χ4n) is 1.58. The van der Waals surface area contributed by atoms with E-state index in [1.807, 2.05) is 19.1 Å². The van der Waals surface area contributed by atoms with Crippen LogP contribution < -0.4 is 0 Å². The average molecular weight is 231 g/mol. The number of nitrogens with zero attached hydrogens (tertiary/aromatic N) is 1. The molecule has 0 atom stereocenters. The Morgan fingerprint density at radius 3 is 2.71 bits per heavy atom. The van der Waals surface area contributed by atoms with E-state index in [1.165, 1.54) is 4.90 Å². The number of hydrogen-bond donors (Lipinski definition) is 0. The van der Waals surface area contributed by atoms with Gasteiger partial charge in [-0.3, -0.25) is 14.5 Å². The van der Waals surface area contributed by atoms with Crippen LogP contribution in [0.1, 0.15) is 28.8 Å². The van der Waals surface area contributed by atoms with Crippen LogP contribution >= 0.6 is 0 Å². The zero-order valence-corrected chi connectivity index (χ0v) is 10.1. The van der Waals surface area contributed by atoms with E-state index in [0.717, 1.165) is 18.4 Å². The second kappa shape index (κ2) is 6.63. The van der Waals surface area contributed by atoms with Gasteiger partial charge >= 0.3 is 0 Å². The molecule has 3 nitrogen and oxygen atoms in total. The van der Waals surface area contributed by atoms with Crippen LogP contribution in [0, 0.1) is 6.92 Å². The maximum atomic E-state index is 12.1. The summed E-state index contributed by atoms with van der Waals surface area (Å²) in [5.74, 6) is -0.234. The number of carbonyl (C=O) groups is 2. The monoisotopic (exact) mass is 231 g/mol. The molecule has 0 aliphatic rings. The minimum atomic E-state index is -0.234. The van der Waals surface area contributed by atoms with Gasteiger partial charge in [0.15, 0.2) is 0 Å². The molecule has 0 bridgehead atoms. The van der Waals surface area contributed by atoms with E-state index >= 15 is 0 Å². The minimum Gasteiger partial charge on any atom is -0.281 e. The second-order valence-electron chi connectivity index (χ2n) is 3.85. The zero-order valence-electron chi connectivity index (χ0n) is 10.1. The molecule has 1 rings (SSSR count). The number of carbonyl (C=O) groups excluding carboxylic acids is 2. The van der Waals surface area contributed by atoms with Crippen LogP contribution in [0.4, 0.5) is 0 Å². The lowest BCUT2D eigenvalue weighted by atomic mass is 10.1. The van der Waals surface area contributed by atoms with Crippen LogP contribution in [0.15, 0.2) is 36.9 Å². The molecule has 0 aromatic heterocycles. The average Bonchev–Trinajstić information content (AvgIpc) is 2.35. The molecule has 0 heterocycles. The van der Waals surface area contributed by atoms with Gasteiger partial charge < -0.3 is 0 Å². The van der Waals surface area contributed by atoms with Crippen molar-refractivity contribution in [3.8, 4) is 0 Å². The van der Waals surface area contributed by atoms with Crippen LogP contribution in [0.2, 0.25) is 0 Å². The third kappa shape index (κ3) is 3.55. The lowest BCUT2D eigenvalue weighted by Crippen LogP contribution is -2.31. The third-order valence-electron chi connectivity index (χ3n) is 2.57. The Labute approximate surface area is 102 Å². The SMILES string of the molecule is C=CCCCN(C=O)C(=O)c1ccccc1C. The first-order chi connectivity index (χ1) is 8.20. The molecule has 1 aromatic rings. The fourth-order valence-corrected chi connectivity index (χ4v) is 1.58. The van der Waals surface area contributed by atoms with E-state index in [2.05, 4.69) is 6.58 Å². The number of allylic oxidation sites excluding steroid dienone is 1. The summed E-state index contributed by atoms with van der Waals surface area (Å²) in [6.07, 6.45) is 3.92. The second-order valence-corrected chi connectivity index (χ2v) is 3.85. The maximum Gasteiger partial charge on any atom is 0.260 e. The Kier molecular flexibility index (Phi) is 5.14. The summed E-state index contributed by atoms with van der Waals surface area (Å²) in [5.41, 5.74) is 1.46. The van der Waals surface area contributed by atoms with E-state index in [9.17, 15) is 9.59 Å². The number of hydrogen-bond acceptors (Lipinski definition) is 2. The summed E-state index contributed by atoms with van der Waals surface area (Å²) >= 11 is 0. The van der Waals surface area contributed by atoms with Gasteiger partial charge in [0, 0.05) is 12.1 Å². The van der Waals surface area contributed by atoms with Crippen LogP contribution in [0.5, 0.6) is 0 Å². The molecule has 0 aliphatic carbocycles. The Morgan fingerprint density at radius 2 is 2.12 bits per heavy atom. The fraction of sp³-hybridized carbons (Fsp3) is 0.286. The Balaban J connectivity index is 2.76. The Bertz CT molecular complexity index is 412. The topological polar surface area (TPSA) is 37.4 Å². The molecule has 17 heavy (non-hydrogen) atoms. The van der Waals surface area contributed by atoms with Crippen LogP contribution in [-0.4, -0.2) is 23.8 Å². The van der Waals surface area contributed by atoms with Gasteiger partial charge in [-0.2, -0.15) is 0 Å². The van der Waals surface area contributed by atoms with Crippen molar-refractivity contribution in [2.24, 2.45) is 0 Å². The van der Waals surface area contributed by atoms with Crippen LogP contribution in [-0.2, 0) is 4.79 Å². The summed E-state index contributed by atoms with van der Waals surface area (Å²) < 4.78 is 0. The highest BCUT2D eigenvalue weighted by atomic mass is 16.2. The zero-order chi connectivity index (χ0) is 12.7. The minimum absolute atomic E-state index is 0.234. The molecule has 0 saturated carbocycles. The molecule has 0 spiro atoms. The molecule has 0 N–H and O–H groups in total. The molecule has 0 saturated heterocycles. The Hall–Kier alpha value is -1.90. The number of rotatable bonds is 6. The Morgan fingerprint density at radius 1 is 1.41 bits per heavy atom. The first kappa shape index (κ1) is 13.2. The van der Waals surface area contributed by atoms with Crippen molar-refractivity contribution in [3.05, 3.63) is 48.0 Å². The van der Waals surface area contributed by atoms with Gasteiger partial charge in [0.05, 0.1) is 0 Å². The van der Waals surface area contributed by atoms with Gasteiger partial charge in [0.1, 0.15) is 0 Å². The summed E-state index contributed by atoms with van der Waals surface area (Å²) in [4.78, 5) is 24.2. The van der Waals surface area contributed by atoms with Crippen molar-refractivity contribution >= 4 is 12.3 Å². The van der Waals surface area contributed by atoms with Crippen molar-refractivity contribution < 1.29 is 9.59 Å². The van der Waals surface area contributed by atoms with Gasteiger partial charge in [-0.1, -0.05) is 24.3 Å². The molecular weight excluding hydrogens is 214 g/mol. The quantitative estimate of drug-likeness (QED) is 0.428. The third-order valence-corrected chi connectivity index (χ3v) is 2.57. The van der Waals surface area contributed by atoms with Gasteiger partial charge in [0.2, 0.25) is 6.41 Å². The largest absolute Gasteiger partial charge is 0.281 e. The first-order valence-electron chi connectivity index (χ1n) is 5.63. The molecule has 90 valence electrons.